The molecule has 10 aromatic rings. The smallest absolute Gasteiger partial charge is 0.0541 e. The molecule has 8 aromatic carbocycles. The summed E-state index contributed by atoms with van der Waals surface area (Å²) in [6.45, 7) is 0. The summed E-state index contributed by atoms with van der Waals surface area (Å²) in [5.41, 5.74) is 16.2. The molecule has 0 N–H and O–H groups in total. The summed E-state index contributed by atoms with van der Waals surface area (Å²) in [6.07, 6.45) is 6.77. The maximum Gasteiger partial charge on any atom is 0.0541 e. The molecule has 0 bridgehead atoms. The third-order valence-corrected chi connectivity index (χ3v) is 11.4. The summed E-state index contributed by atoms with van der Waals surface area (Å²) in [5.74, 6) is 0. The molecular formula is C52H36N2. The highest BCUT2D eigenvalue weighted by molar-refractivity contribution is 6.11. The number of allylic oxidation sites excluding steroid dienone is 1. The van der Waals surface area contributed by atoms with E-state index in [1.165, 1.54) is 93.8 Å². The minimum Gasteiger partial charge on any atom is -0.313 e. The average Bonchev–Trinajstić information content (AvgIpc) is 3.76. The molecule has 2 nitrogen and oxygen atoms in total. The highest BCUT2D eigenvalue weighted by Crippen LogP contribution is 2.39. The van der Waals surface area contributed by atoms with E-state index in [4.69, 9.17) is 0 Å². The minimum absolute atomic E-state index is 1.04. The van der Waals surface area contributed by atoms with E-state index in [0.717, 1.165) is 18.5 Å². The van der Waals surface area contributed by atoms with Crippen molar-refractivity contribution in [2.24, 2.45) is 0 Å². The third kappa shape index (κ3) is 4.95. The lowest BCUT2D eigenvalue weighted by Gasteiger charge is -2.14. The van der Waals surface area contributed by atoms with Crippen LogP contribution in [0.2, 0.25) is 0 Å². The Labute approximate surface area is 314 Å². The Morgan fingerprint density at radius 2 is 0.907 bits per heavy atom. The highest BCUT2D eigenvalue weighted by atomic mass is 15.0. The largest absolute Gasteiger partial charge is 0.313 e. The van der Waals surface area contributed by atoms with Crippen LogP contribution in [0.1, 0.15) is 17.7 Å². The monoisotopic (exact) mass is 688 g/mol. The second-order valence-corrected chi connectivity index (χ2v) is 14.5. The van der Waals surface area contributed by atoms with Crippen molar-refractivity contribution in [2.45, 2.75) is 12.8 Å². The van der Waals surface area contributed by atoms with Gasteiger partial charge in [0.25, 0.3) is 0 Å². The van der Waals surface area contributed by atoms with Gasteiger partial charge in [0.1, 0.15) is 0 Å². The van der Waals surface area contributed by atoms with Gasteiger partial charge in [-0.25, -0.2) is 0 Å². The van der Waals surface area contributed by atoms with Gasteiger partial charge >= 0.3 is 0 Å². The maximum absolute atomic E-state index is 2.49. The van der Waals surface area contributed by atoms with Gasteiger partial charge in [0.2, 0.25) is 0 Å². The van der Waals surface area contributed by atoms with E-state index in [1.54, 1.807) is 0 Å². The van der Waals surface area contributed by atoms with Crippen molar-refractivity contribution in [2.75, 3.05) is 0 Å². The van der Waals surface area contributed by atoms with E-state index in [9.17, 15) is 0 Å². The molecule has 0 radical (unpaired) electrons. The Morgan fingerprint density at radius 1 is 0.352 bits per heavy atom. The lowest BCUT2D eigenvalue weighted by atomic mass is 9.98. The van der Waals surface area contributed by atoms with Gasteiger partial charge in [0.05, 0.1) is 16.6 Å². The molecule has 0 amide bonds. The molecule has 11 rings (SSSR count). The molecule has 254 valence electrons. The van der Waals surface area contributed by atoms with Gasteiger partial charge in [-0.15, -0.1) is 0 Å². The van der Waals surface area contributed by atoms with Crippen LogP contribution < -0.4 is 0 Å². The summed E-state index contributed by atoms with van der Waals surface area (Å²) >= 11 is 0. The van der Waals surface area contributed by atoms with E-state index in [2.05, 4.69) is 203 Å². The molecule has 0 aliphatic heterocycles. The summed E-state index contributed by atoms with van der Waals surface area (Å²) in [7, 11) is 0. The second-order valence-electron chi connectivity index (χ2n) is 14.5. The molecule has 0 spiro atoms. The zero-order valence-electron chi connectivity index (χ0n) is 29.8. The summed E-state index contributed by atoms with van der Waals surface area (Å²) < 4.78 is 4.90. The molecule has 0 fully saturated rings. The summed E-state index contributed by atoms with van der Waals surface area (Å²) in [4.78, 5) is 0. The number of hydrogen-bond donors (Lipinski definition) is 0. The number of aromatic nitrogens is 2. The Kier molecular flexibility index (Phi) is 7.03. The van der Waals surface area contributed by atoms with Gasteiger partial charge in [0, 0.05) is 38.8 Å². The van der Waals surface area contributed by atoms with Gasteiger partial charge in [-0.2, -0.15) is 0 Å². The fraction of sp³-hybridized carbons (Fsp3) is 0.0385. The highest BCUT2D eigenvalue weighted by Gasteiger charge is 2.20. The van der Waals surface area contributed by atoms with Crippen LogP contribution in [0.25, 0.3) is 94.3 Å². The van der Waals surface area contributed by atoms with Crippen LogP contribution in [0, 0.1) is 0 Å². The first-order chi connectivity index (χ1) is 26.8. The first kappa shape index (κ1) is 30.7. The normalized spacial score (nSPS) is 12.6. The molecule has 2 aromatic heterocycles. The number of hydrogen-bond acceptors (Lipinski definition) is 0. The maximum atomic E-state index is 2.49. The van der Waals surface area contributed by atoms with E-state index in [0.29, 0.717) is 0 Å². The molecular weight excluding hydrogens is 653 g/mol. The average molecular weight is 689 g/mol. The van der Waals surface area contributed by atoms with E-state index < -0.39 is 0 Å². The van der Waals surface area contributed by atoms with Crippen molar-refractivity contribution in [1.82, 2.24) is 9.13 Å². The first-order valence-electron chi connectivity index (χ1n) is 18.9. The Hall–Kier alpha value is -6.90. The number of para-hydroxylation sites is 1. The molecule has 1 aliphatic rings. The van der Waals surface area contributed by atoms with Crippen molar-refractivity contribution in [3.63, 3.8) is 0 Å². The number of nitrogens with zero attached hydrogens (tertiary/aromatic N) is 2. The van der Waals surface area contributed by atoms with Gasteiger partial charge in [0.15, 0.2) is 0 Å². The zero-order chi connectivity index (χ0) is 35.6. The first-order valence-corrected chi connectivity index (χ1v) is 18.9. The van der Waals surface area contributed by atoms with E-state index in [-0.39, 0.29) is 0 Å². The molecule has 2 heterocycles. The van der Waals surface area contributed by atoms with Gasteiger partial charge in [-0.05, 0) is 112 Å². The van der Waals surface area contributed by atoms with Crippen LogP contribution >= 0.6 is 0 Å². The van der Waals surface area contributed by atoms with E-state index in [1.807, 2.05) is 0 Å². The van der Waals surface area contributed by atoms with Crippen molar-refractivity contribution in [3.8, 4) is 44.8 Å². The van der Waals surface area contributed by atoms with Crippen LogP contribution in [-0.2, 0) is 6.42 Å². The standard InChI is InChI=1S/C52H36N2/c1-2-10-35(11-3-1)37-18-20-38(21-19-37)39-22-27-43(28-23-39)53-49-16-8-6-14-45(49)47-33-41(25-30-51(47)53)42-26-31-52-48(34-42)46-15-7-9-17-50(46)54(52)44-29-24-36-12-4-5-13-40(36)32-44/h1-8,10-16,18-34H,9,17H2. The minimum atomic E-state index is 1.04. The Bertz CT molecular complexity index is 3070. The third-order valence-electron chi connectivity index (χ3n) is 11.4. The molecule has 2 heteroatoms. The van der Waals surface area contributed by atoms with Crippen molar-refractivity contribution in [3.05, 3.63) is 199 Å². The summed E-state index contributed by atoms with van der Waals surface area (Å²) in [6, 6.07) is 66.8. The van der Waals surface area contributed by atoms with Crippen molar-refractivity contribution in [1.29, 1.82) is 0 Å². The lowest BCUT2D eigenvalue weighted by Crippen LogP contribution is -2.02. The van der Waals surface area contributed by atoms with Gasteiger partial charge in [-0.1, -0.05) is 140 Å². The van der Waals surface area contributed by atoms with Crippen LogP contribution in [0.4, 0.5) is 0 Å². The molecule has 54 heavy (non-hydrogen) atoms. The second kappa shape index (κ2) is 12.4. The molecule has 0 saturated carbocycles. The van der Waals surface area contributed by atoms with Crippen molar-refractivity contribution < 1.29 is 0 Å². The molecule has 0 atom stereocenters. The fourth-order valence-corrected chi connectivity index (χ4v) is 8.73. The van der Waals surface area contributed by atoms with Gasteiger partial charge < -0.3 is 9.13 Å². The Balaban J connectivity index is 0.983. The van der Waals surface area contributed by atoms with E-state index >= 15 is 0 Å². The quantitative estimate of drug-likeness (QED) is 0.170. The van der Waals surface area contributed by atoms with Crippen LogP contribution in [0.3, 0.4) is 0 Å². The molecule has 0 saturated heterocycles. The predicted molar refractivity (Wildman–Crippen MR) is 229 cm³/mol. The molecule has 0 unspecified atom stereocenters. The predicted octanol–water partition coefficient (Wildman–Crippen LogP) is 13.8. The topological polar surface area (TPSA) is 9.86 Å². The Morgan fingerprint density at radius 3 is 1.67 bits per heavy atom. The fourth-order valence-electron chi connectivity index (χ4n) is 8.73. The molecule has 1 aliphatic carbocycles. The SMILES string of the molecule is C1=Cc2c(n(-c3ccc4ccccc4c3)c3ccc(-c4ccc5c(c4)c4ccccc4n5-c4ccc(-c5ccc(-c6ccccc6)cc5)cc4)cc23)CC1. The lowest BCUT2D eigenvalue weighted by molar-refractivity contribution is 0.889. The number of fused-ring (bicyclic) bond motifs is 7. The number of benzene rings is 8. The van der Waals surface area contributed by atoms with Crippen LogP contribution in [-0.4, -0.2) is 9.13 Å². The summed E-state index contributed by atoms with van der Waals surface area (Å²) in [5, 5.41) is 6.38. The van der Waals surface area contributed by atoms with Crippen LogP contribution in [0.15, 0.2) is 188 Å². The zero-order valence-corrected chi connectivity index (χ0v) is 29.8. The van der Waals surface area contributed by atoms with Crippen molar-refractivity contribution >= 4 is 49.6 Å². The van der Waals surface area contributed by atoms with Crippen LogP contribution in [0.5, 0.6) is 0 Å². The van der Waals surface area contributed by atoms with Gasteiger partial charge in [-0.3, -0.25) is 0 Å². The number of rotatable bonds is 5.